The molecule has 0 aliphatic carbocycles. The number of rotatable bonds is 3. The predicted molar refractivity (Wildman–Crippen MR) is 66.0 cm³/mol. The van der Waals surface area contributed by atoms with Gasteiger partial charge in [-0.3, -0.25) is 9.78 Å². The number of hydrogen-bond donors (Lipinski definition) is 1. The maximum Gasteiger partial charge on any atom is 0.309 e. The van der Waals surface area contributed by atoms with E-state index in [4.69, 9.17) is 16.7 Å². The van der Waals surface area contributed by atoms with Crippen LogP contribution in [0.4, 0.5) is 4.39 Å². The van der Waals surface area contributed by atoms with Crippen LogP contribution >= 0.6 is 11.6 Å². The molecule has 0 unspecified atom stereocenters. The minimum Gasteiger partial charge on any atom is -0.481 e. The molecule has 0 atom stereocenters. The molecule has 0 aliphatic rings. The topological polar surface area (TPSA) is 50.2 Å². The second kappa shape index (κ2) is 5.14. The third-order valence-electron chi connectivity index (χ3n) is 2.42. The van der Waals surface area contributed by atoms with Crippen molar-refractivity contribution < 1.29 is 14.3 Å². The molecule has 0 saturated heterocycles. The number of hydrogen-bond acceptors (Lipinski definition) is 2. The van der Waals surface area contributed by atoms with E-state index in [0.29, 0.717) is 11.1 Å². The highest BCUT2D eigenvalue weighted by Crippen LogP contribution is 2.26. The third-order valence-corrected chi connectivity index (χ3v) is 2.75. The Morgan fingerprint density at radius 1 is 1.39 bits per heavy atom. The minimum absolute atomic E-state index is 0.221. The Kier molecular flexibility index (Phi) is 3.58. The van der Waals surface area contributed by atoms with Crippen LogP contribution < -0.4 is 0 Å². The molecule has 0 spiro atoms. The lowest BCUT2D eigenvalue weighted by Gasteiger charge is -2.06. The lowest BCUT2D eigenvalue weighted by Crippen LogP contribution is -2.03. The Morgan fingerprint density at radius 2 is 2.11 bits per heavy atom. The van der Waals surface area contributed by atoms with Crippen LogP contribution in [0.1, 0.15) is 5.69 Å². The van der Waals surface area contributed by atoms with E-state index < -0.39 is 5.97 Å². The molecule has 0 amide bonds. The van der Waals surface area contributed by atoms with E-state index in [9.17, 15) is 9.18 Å². The van der Waals surface area contributed by atoms with Gasteiger partial charge in [0.1, 0.15) is 5.82 Å². The molecule has 0 saturated carbocycles. The van der Waals surface area contributed by atoms with Crippen LogP contribution in [0.25, 0.3) is 11.1 Å². The zero-order valence-corrected chi connectivity index (χ0v) is 9.99. The second-order valence-corrected chi connectivity index (χ2v) is 4.11. The van der Waals surface area contributed by atoms with Crippen molar-refractivity contribution in [2.75, 3.05) is 0 Å². The maximum absolute atomic E-state index is 13.6. The number of carboxylic acids is 1. The predicted octanol–water partition coefficient (Wildman–Crippen LogP) is 3.17. The van der Waals surface area contributed by atoms with Gasteiger partial charge in [-0.15, -0.1) is 0 Å². The Balaban J connectivity index is 2.40. The summed E-state index contributed by atoms with van der Waals surface area (Å²) in [6.07, 6.45) is 1.17. The number of pyridine rings is 1. The van der Waals surface area contributed by atoms with E-state index in [2.05, 4.69) is 4.98 Å². The summed E-state index contributed by atoms with van der Waals surface area (Å²) >= 11 is 5.93. The zero-order chi connectivity index (χ0) is 13.1. The molecule has 1 N–H and O–H groups in total. The first-order valence-corrected chi connectivity index (χ1v) is 5.57. The lowest BCUT2D eigenvalue weighted by atomic mass is 10.1. The van der Waals surface area contributed by atoms with Gasteiger partial charge < -0.3 is 5.11 Å². The van der Waals surface area contributed by atoms with E-state index >= 15 is 0 Å². The smallest absolute Gasteiger partial charge is 0.309 e. The van der Waals surface area contributed by atoms with Gasteiger partial charge in [0, 0.05) is 17.3 Å². The van der Waals surface area contributed by atoms with Crippen LogP contribution in [-0.2, 0) is 11.2 Å². The molecule has 18 heavy (non-hydrogen) atoms. The summed E-state index contributed by atoms with van der Waals surface area (Å²) in [4.78, 5) is 14.5. The Labute approximate surface area is 108 Å². The van der Waals surface area contributed by atoms with Crippen molar-refractivity contribution in [1.29, 1.82) is 0 Å². The molecular weight excluding hydrogens is 257 g/mol. The number of benzene rings is 1. The minimum atomic E-state index is -1.01. The Morgan fingerprint density at radius 3 is 2.72 bits per heavy atom. The molecule has 1 aromatic heterocycles. The monoisotopic (exact) mass is 265 g/mol. The van der Waals surface area contributed by atoms with Crippen molar-refractivity contribution in [2.45, 2.75) is 6.42 Å². The van der Waals surface area contributed by atoms with Gasteiger partial charge in [0.05, 0.1) is 17.1 Å². The summed E-state index contributed by atoms with van der Waals surface area (Å²) in [5.74, 6) is -1.38. The largest absolute Gasteiger partial charge is 0.481 e. The third kappa shape index (κ3) is 2.65. The fourth-order valence-corrected chi connectivity index (χ4v) is 1.82. The van der Waals surface area contributed by atoms with Crippen LogP contribution in [0, 0.1) is 5.82 Å². The van der Waals surface area contributed by atoms with Gasteiger partial charge in [0.15, 0.2) is 0 Å². The quantitative estimate of drug-likeness (QED) is 0.927. The Bertz CT molecular complexity index is 601. The van der Waals surface area contributed by atoms with Gasteiger partial charge in [-0.1, -0.05) is 29.8 Å². The van der Waals surface area contributed by atoms with Crippen molar-refractivity contribution in [3.8, 4) is 11.1 Å². The molecule has 92 valence electrons. The van der Waals surface area contributed by atoms with Crippen molar-refractivity contribution in [3.05, 3.63) is 53.1 Å². The van der Waals surface area contributed by atoms with Crippen LogP contribution in [0.2, 0.25) is 5.02 Å². The van der Waals surface area contributed by atoms with Crippen LogP contribution in [0.5, 0.6) is 0 Å². The van der Waals surface area contributed by atoms with E-state index in [1.54, 1.807) is 18.2 Å². The summed E-state index contributed by atoms with van der Waals surface area (Å²) in [6.45, 7) is 0. The average Bonchev–Trinajstić information content (AvgIpc) is 2.32. The van der Waals surface area contributed by atoms with Crippen molar-refractivity contribution in [2.24, 2.45) is 0 Å². The highest BCUT2D eigenvalue weighted by atomic mass is 35.5. The number of carbonyl (C=O) groups is 1. The van der Waals surface area contributed by atoms with E-state index in [0.717, 1.165) is 0 Å². The molecular formula is C13H9ClFNO2. The first-order valence-electron chi connectivity index (χ1n) is 5.19. The van der Waals surface area contributed by atoms with Crippen molar-refractivity contribution in [1.82, 2.24) is 4.98 Å². The molecule has 0 fully saturated rings. The van der Waals surface area contributed by atoms with Gasteiger partial charge >= 0.3 is 5.97 Å². The number of carboxylic acid groups (broad SMARTS) is 1. The summed E-state index contributed by atoms with van der Waals surface area (Å²) < 4.78 is 13.6. The maximum atomic E-state index is 13.6. The SMILES string of the molecule is O=C(O)Cc1ncc(-c2ccccc2F)cc1Cl. The molecule has 5 heteroatoms. The normalized spacial score (nSPS) is 10.3. The fourth-order valence-electron chi connectivity index (χ4n) is 1.58. The molecule has 1 aromatic carbocycles. The second-order valence-electron chi connectivity index (χ2n) is 3.70. The highest BCUT2D eigenvalue weighted by molar-refractivity contribution is 6.31. The Hall–Kier alpha value is -1.94. The average molecular weight is 266 g/mol. The molecule has 0 aliphatic heterocycles. The summed E-state index contributed by atoms with van der Waals surface area (Å²) in [6, 6.07) is 7.77. The molecule has 3 nitrogen and oxygen atoms in total. The summed E-state index contributed by atoms with van der Waals surface area (Å²) in [7, 11) is 0. The number of aromatic nitrogens is 1. The lowest BCUT2D eigenvalue weighted by molar-refractivity contribution is -0.136. The number of aliphatic carboxylic acids is 1. The van der Waals surface area contributed by atoms with Gasteiger partial charge in [0.2, 0.25) is 0 Å². The summed E-state index contributed by atoms with van der Waals surface area (Å²) in [5, 5.41) is 8.88. The summed E-state index contributed by atoms with van der Waals surface area (Å²) in [5.41, 5.74) is 1.17. The molecule has 0 radical (unpaired) electrons. The van der Waals surface area contributed by atoms with Crippen LogP contribution in [0.15, 0.2) is 36.5 Å². The molecule has 2 rings (SSSR count). The number of nitrogens with zero attached hydrogens (tertiary/aromatic N) is 1. The fraction of sp³-hybridized carbons (Fsp3) is 0.0769. The van der Waals surface area contributed by atoms with Crippen molar-refractivity contribution in [3.63, 3.8) is 0 Å². The van der Waals surface area contributed by atoms with Gasteiger partial charge in [-0.2, -0.15) is 0 Å². The molecule has 1 heterocycles. The van der Waals surface area contributed by atoms with Gasteiger partial charge in [-0.25, -0.2) is 4.39 Å². The van der Waals surface area contributed by atoms with Crippen LogP contribution in [-0.4, -0.2) is 16.1 Å². The van der Waals surface area contributed by atoms with Gasteiger partial charge in [0.25, 0.3) is 0 Å². The molecule has 2 aromatic rings. The highest BCUT2D eigenvalue weighted by Gasteiger charge is 2.10. The van der Waals surface area contributed by atoms with Gasteiger partial charge in [-0.05, 0) is 12.1 Å². The van der Waals surface area contributed by atoms with Crippen molar-refractivity contribution >= 4 is 17.6 Å². The van der Waals surface area contributed by atoms with E-state index in [-0.39, 0.29) is 23.0 Å². The number of halogens is 2. The first-order chi connectivity index (χ1) is 8.58. The first kappa shape index (κ1) is 12.5. The van der Waals surface area contributed by atoms with Crippen LogP contribution in [0.3, 0.4) is 0 Å². The zero-order valence-electron chi connectivity index (χ0n) is 9.23. The van der Waals surface area contributed by atoms with E-state index in [1.165, 1.54) is 18.3 Å². The van der Waals surface area contributed by atoms with E-state index in [1.807, 2.05) is 0 Å². The standard InChI is InChI=1S/C13H9ClFNO2/c14-10-5-8(7-16-12(10)6-13(17)18)9-3-1-2-4-11(9)15/h1-5,7H,6H2,(H,17,18). The molecule has 0 bridgehead atoms.